The van der Waals surface area contributed by atoms with Crippen molar-refractivity contribution in [1.29, 1.82) is 0 Å². The number of hydrogen-bond acceptors (Lipinski definition) is 9. The Bertz CT molecular complexity index is 1040. The number of thiazole rings is 1. The zero-order valence-electron chi connectivity index (χ0n) is 18.6. The molecule has 2 N–H and O–H groups in total. The Morgan fingerprint density at radius 1 is 1.36 bits per heavy atom. The summed E-state index contributed by atoms with van der Waals surface area (Å²) in [6.07, 6.45) is 1.64. The maximum absolute atomic E-state index is 12.8. The van der Waals surface area contributed by atoms with Crippen LogP contribution in [0.1, 0.15) is 44.9 Å². The number of hydrogen-bond donors (Lipinski definition) is 2. The Kier molecular flexibility index (Phi) is 8.57. The number of aromatic nitrogens is 2. The fraction of sp³-hybridized carbons (Fsp3) is 0.500. The summed E-state index contributed by atoms with van der Waals surface area (Å²) in [5, 5.41) is 7.84. The van der Waals surface area contributed by atoms with Crippen LogP contribution >= 0.6 is 34.5 Å². The molecule has 0 radical (unpaired) electrons. The Morgan fingerprint density at radius 2 is 2.12 bits per heavy atom. The second-order valence-electron chi connectivity index (χ2n) is 7.19. The van der Waals surface area contributed by atoms with Gasteiger partial charge in [0.15, 0.2) is 5.13 Å². The third kappa shape index (κ3) is 5.60. The van der Waals surface area contributed by atoms with Crippen molar-refractivity contribution in [3.63, 3.8) is 0 Å². The molecule has 1 fully saturated rings. The van der Waals surface area contributed by atoms with Crippen LogP contribution in [0.4, 0.5) is 5.13 Å². The highest BCUT2D eigenvalue weighted by Crippen LogP contribution is 2.31. The van der Waals surface area contributed by atoms with E-state index in [1.807, 2.05) is 4.90 Å². The van der Waals surface area contributed by atoms with Gasteiger partial charge in [0.05, 0.1) is 35.0 Å². The quantitative estimate of drug-likeness (QED) is 0.313. The predicted molar refractivity (Wildman–Crippen MR) is 127 cm³/mol. The number of piperidine rings is 1. The third-order valence-electron chi connectivity index (χ3n) is 5.11. The molecule has 0 unspecified atom stereocenters. The van der Waals surface area contributed by atoms with Gasteiger partial charge in [-0.25, -0.2) is 9.78 Å². The lowest BCUT2D eigenvalue weighted by Gasteiger charge is -2.37. The molecule has 10 nitrogen and oxygen atoms in total. The molecule has 13 heteroatoms. The molecule has 1 aliphatic rings. The first kappa shape index (κ1) is 25.3. The van der Waals surface area contributed by atoms with E-state index in [0.717, 1.165) is 0 Å². The Morgan fingerprint density at radius 3 is 2.73 bits per heavy atom. The first-order valence-electron chi connectivity index (χ1n) is 10.2. The molecule has 2 atom stereocenters. The van der Waals surface area contributed by atoms with Crippen LogP contribution in [-0.4, -0.2) is 74.1 Å². The molecule has 0 spiro atoms. The predicted octanol–water partition coefficient (Wildman–Crippen LogP) is 3.27. The summed E-state index contributed by atoms with van der Waals surface area (Å²) in [5.41, 5.74) is 1.21. The summed E-state index contributed by atoms with van der Waals surface area (Å²) in [6, 6.07) is -0.254. The highest BCUT2D eigenvalue weighted by molar-refractivity contribution is 7.17. The fourth-order valence-electron chi connectivity index (χ4n) is 3.45. The Labute approximate surface area is 205 Å². The number of nitrogens with zero attached hydrogens (tertiary/aromatic N) is 3. The molecule has 33 heavy (non-hydrogen) atoms. The van der Waals surface area contributed by atoms with Gasteiger partial charge in [-0.1, -0.05) is 39.7 Å². The topological polar surface area (TPSA) is 118 Å². The molecule has 0 aliphatic carbocycles. The highest BCUT2D eigenvalue weighted by Gasteiger charge is 2.33. The Hall–Kier alpha value is -2.34. The van der Waals surface area contributed by atoms with Crippen molar-refractivity contribution in [1.82, 2.24) is 15.3 Å². The van der Waals surface area contributed by atoms with E-state index in [4.69, 9.17) is 37.5 Å². The van der Waals surface area contributed by atoms with Crippen LogP contribution in [0.5, 0.6) is 0 Å². The number of ether oxygens (including phenoxy) is 2. The van der Waals surface area contributed by atoms with Gasteiger partial charge in [-0.3, -0.25) is 4.79 Å². The first-order valence-corrected chi connectivity index (χ1v) is 11.7. The van der Waals surface area contributed by atoms with E-state index < -0.39 is 5.97 Å². The van der Waals surface area contributed by atoms with Crippen molar-refractivity contribution in [3.8, 4) is 0 Å². The van der Waals surface area contributed by atoms with Gasteiger partial charge >= 0.3 is 5.97 Å². The van der Waals surface area contributed by atoms with Crippen LogP contribution in [0.15, 0.2) is 5.16 Å². The van der Waals surface area contributed by atoms with E-state index in [0.29, 0.717) is 45.9 Å². The normalized spacial score (nSPS) is 18.5. The molecule has 3 rings (SSSR count). The average Bonchev–Trinajstić information content (AvgIpc) is 3.34. The smallest absolute Gasteiger partial charge is 0.350 e. The molecule has 2 aromatic rings. The van der Waals surface area contributed by atoms with E-state index in [1.165, 1.54) is 24.7 Å². The van der Waals surface area contributed by atoms with Crippen LogP contribution in [0.3, 0.4) is 0 Å². The minimum atomic E-state index is -0.471. The number of methoxy groups -OCH3 is 1. The largest absolute Gasteiger partial charge is 0.462 e. The molecule has 2 aromatic heterocycles. The van der Waals surface area contributed by atoms with Crippen LogP contribution in [0.25, 0.3) is 0 Å². The minimum Gasteiger partial charge on any atom is -0.462 e. The minimum absolute atomic E-state index is 0.192. The monoisotopic (exact) mass is 517 g/mol. The van der Waals surface area contributed by atoms with Crippen LogP contribution < -0.4 is 10.2 Å². The van der Waals surface area contributed by atoms with Gasteiger partial charge in [0, 0.05) is 25.9 Å². The van der Waals surface area contributed by atoms with Crippen LogP contribution in [-0.2, 0) is 14.3 Å². The van der Waals surface area contributed by atoms with Crippen molar-refractivity contribution < 1.29 is 23.9 Å². The molecule has 3 heterocycles. The number of aromatic amines is 1. The van der Waals surface area contributed by atoms with Gasteiger partial charge in [0.2, 0.25) is 0 Å². The number of nitrogens with one attached hydrogen (secondary N) is 2. The maximum atomic E-state index is 12.8. The molecule has 0 aromatic carbocycles. The summed E-state index contributed by atoms with van der Waals surface area (Å²) in [7, 11) is 2.99. The number of anilines is 1. The first-order chi connectivity index (χ1) is 15.8. The molecule has 0 saturated carbocycles. The standard InChI is InChI=1S/C20H25Cl2N5O5S/c1-5-32-19(29)17-12(8-23-31-4)26-20(33-17)27-7-6-11(13(9-27)30-3)25-18(28)16-15(22)14(21)10(2)24-16/h8,11,13,24H,5-7,9H2,1-4H3,(H,25,28)/b23-8+/t11-,13+/m1/s1. The molecular formula is C20H25Cl2N5O5S. The van der Waals surface area contributed by atoms with E-state index in [1.54, 1.807) is 21.0 Å². The number of carbonyl (C=O) groups excluding carboxylic acids is 2. The summed E-state index contributed by atoms with van der Waals surface area (Å²) in [6.45, 7) is 4.77. The van der Waals surface area contributed by atoms with E-state index in [2.05, 4.69) is 20.4 Å². The molecular weight excluding hydrogens is 493 g/mol. The van der Waals surface area contributed by atoms with Crippen LogP contribution in [0.2, 0.25) is 10.0 Å². The number of carbonyl (C=O) groups is 2. The lowest BCUT2D eigenvalue weighted by Crippen LogP contribution is -2.55. The number of esters is 1. The van der Waals surface area contributed by atoms with Gasteiger partial charge < -0.3 is 29.5 Å². The van der Waals surface area contributed by atoms with Crippen molar-refractivity contribution in [2.45, 2.75) is 32.4 Å². The number of halogens is 2. The molecule has 1 amide bonds. The summed E-state index contributed by atoms with van der Waals surface area (Å²) < 4.78 is 10.8. The van der Waals surface area contributed by atoms with E-state index >= 15 is 0 Å². The van der Waals surface area contributed by atoms with Crippen molar-refractivity contribution in [3.05, 3.63) is 32.0 Å². The van der Waals surface area contributed by atoms with Crippen LogP contribution in [0, 0.1) is 6.92 Å². The number of oxime groups is 1. The van der Waals surface area contributed by atoms with E-state index in [-0.39, 0.29) is 35.4 Å². The molecule has 0 bridgehead atoms. The number of H-pyrrole nitrogens is 1. The third-order valence-corrected chi connectivity index (χ3v) is 7.17. The number of rotatable bonds is 8. The van der Waals surface area contributed by atoms with Crippen molar-refractivity contribution in [2.24, 2.45) is 5.16 Å². The lowest BCUT2D eigenvalue weighted by molar-refractivity contribution is 0.0530. The van der Waals surface area contributed by atoms with Gasteiger partial charge in [0.25, 0.3) is 5.91 Å². The average molecular weight is 518 g/mol. The zero-order valence-corrected chi connectivity index (χ0v) is 20.9. The van der Waals surface area contributed by atoms with Crippen molar-refractivity contribution >= 4 is 57.8 Å². The van der Waals surface area contributed by atoms with Gasteiger partial charge in [-0.05, 0) is 20.3 Å². The Balaban J connectivity index is 1.75. The second kappa shape index (κ2) is 11.2. The molecule has 1 aliphatic heterocycles. The summed E-state index contributed by atoms with van der Waals surface area (Å²) in [5.74, 6) is -0.826. The molecule has 1 saturated heterocycles. The maximum Gasteiger partial charge on any atom is 0.350 e. The lowest BCUT2D eigenvalue weighted by atomic mass is 10.0. The van der Waals surface area contributed by atoms with Gasteiger partial charge in [0.1, 0.15) is 23.4 Å². The van der Waals surface area contributed by atoms with Gasteiger partial charge in [-0.15, -0.1) is 0 Å². The number of aryl methyl sites for hydroxylation is 1. The summed E-state index contributed by atoms with van der Waals surface area (Å²) >= 11 is 13.5. The van der Waals surface area contributed by atoms with Gasteiger partial charge in [-0.2, -0.15) is 0 Å². The van der Waals surface area contributed by atoms with Crippen molar-refractivity contribution in [2.75, 3.05) is 38.8 Å². The number of amides is 1. The highest BCUT2D eigenvalue weighted by atomic mass is 35.5. The fourth-order valence-corrected chi connectivity index (χ4v) is 4.83. The zero-order chi connectivity index (χ0) is 24.1. The summed E-state index contributed by atoms with van der Waals surface area (Å²) in [4.78, 5) is 39.6. The molecule has 180 valence electrons. The SMILES string of the molecule is CCOC(=O)c1sc(N2CC[C@@H](NC(=O)c3[nH]c(C)c(Cl)c3Cl)[C@@H](OC)C2)nc1/C=N/OC. The van der Waals surface area contributed by atoms with E-state index in [9.17, 15) is 9.59 Å². The second-order valence-corrected chi connectivity index (χ2v) is 8.92.